The molecule has 1 amide bonds. The molecule has 178 valence electrons. The maximum Gasteiger partial charge on any atom is 0.269 e. The Morgan fingerprint density at radius 1 is 1.12 bits per heavy atom. The number of anilines is 1. The van der Waals surface area contributed by atoms with E-state index in [9.17, 15) is 23.3 Å². The molecular weight excluding hydrogens is 448 g/mol. The Morgan fingerprint density at radius 3 is 2.33 bits per heavy atom. The van der Waals surface area contributed by atoms with Gasteiger partial charge < -0.3 is 15.4 Å². The van der Waals surface area contributed by atoms with E-state index in [0.717, 1.165) is 5.69 Å². The van der Waals surface area contributed by atoms with E-state index >= 15 is 0 Å². The van der Waals surface area contributed by atoms with Crippen molar-refractivity contribution in [2.75, 3.05) is 32.1 Å². The van der Waals surface area contributed by atoms with Crippen molar-refractivity contribution in [1.29, 1.82) is 0 Å². The van der Waals surface area contributed by atoms with Gasteiger partial charge in [0.25, 0.3) is 5.69 Å². The number of sulfonamides is 1. The van der Waals surface area contributed by atoms with Crippen molar-refractivity contribution in [1.82, 2.24) is 9.62 Å². The van der Waals surface area contributed by atoms with E-state index in [-0.39, 0.29) is 22.5 Å². The van der Waals surface area contributed by atoms with Gasteiger partial charge in [0.05, 0.1) is 16.9 Å². The van der Waals surface area contributed by atoms with Crippen molar-refractivity contribution >= 4 is 27.3 Å². The van der Waals surface area contributed by atoms with E-state index < -0.39 is 14.9 Å². The number of non-ortho nitro benzene ring substituents is 1. The molecule has 2 aromatic carbocycles. The Balaban J connectivity index is 1.37. The second kappa shape index (κ2) is 11.1. The molecule has 1 fully saturated rings. The topological polar surface area (TPSA) is 131 Å². The highest BCUT2D eigenvalue weighted by Crippen LogP contribution is 2.23. The lowest BCUT2D eigenvalue weighted by molar-refractivity contribution is -0.384. The lowest BCUT2D eigenvalue weighted by Crippen LogP contribution is -2.46. The summed E-state index contributed by atoms with van der Waals surface area (Å²) in [6.07, 6.45) is 2.06. The van der Waals surface area contributed by atoms with E-state index in [1.807, 2.05) is 0 Å². The third-order valence-corrected chi connectivity index (χ3v) is 7.42. The Morgan fingerprint density at radius 2 is 1.76 bits per heavy atom. The SMILES string of the molecule is COc1ccc(S(=O)(=O)N2CCC(NC(=O)CCCNc3ccc([N+](=O)[O-])cc3)CC2)cc1. The quantitative estimate of drug-likeness (QED) is 0.306. The minimum atomic E-state index is -3.57. The van der Waals surface area contributed by atoms with Crippen LogP contribution in [0.15, 0.2) is 53.4 Å². The summed E-state index contributed by atoms with van der Waals surface area (Å²) >= 11 is 0. The number of piperidine rings is 1. The molecule has 1 heterocycles. The van der Waals surface area contributed by atoms with Crippen LogP contribution in [-0.4, -0.2) is 56.3 Å². The molecule has 0 aliphatic carbocycles. The Bertz CT molecular complexity index is 1050. The third kappa shape index (κ3) is 6.65. The van der Waals surface area contributed by atoms with Crippen LogP contribution in [0, 0.1) is 10.1 Å². The lowest BCUT2D eigenvalue weighted by Gasteiger charge is -2.31. The van der Waals surface area contributed by atoms with Gasteiger partial charge in [-0.3, -0.25) is 14.9 Å². The molecule has 3 rings (SSSR count). The summed E-state index contributed by atoms with van der Waals surface area (Å²) in [6, 6.07) is 12.4. The molecule has 0 unspecified atom stereocenters. The van der Waals surface area contributed by atoms with Crippen LogP contribution in [0.4, 0.5) is 11.4 Å². The molecule has 0 saturated carbocycles. The fourth-order valence-corrected chi connectivity index (χ4v) is 5.09. The van der Waals surface area contributed by atoms with Gasteiger partial charge >= 0.3 is 0 Å². The summed E-state index contributed by atoms with van der Waals surface area (Å²) in [5.74, 6) is 0.523. The van der Waals surface area contributed by atoms with Gasteiger partial charge in [-0.15, -0.1) is 0 Å². The number of carbonyl (C=O) groups excluding carboxylic acids is 1. The number of hydrogen-bond donors (Lipinski definition) is 2. The predicted octanol–water partition coefficient (Wildman–Crippen LogP) is 2.77. The summed E-state index contributed by atoms with van der Waals surface area (Å²) in [5, 5.41) is 16.8. The Labute approximate surface area is 193 Å². The van der Waals surface area contributed by atoms with E-state index in [4.69, 9.17) is 4.74 Å². The van der Waals surface area contributed by atoms with Crippen LogP contribution in [-0.2, 0) is 14.8 Å². The zero-order valence-corrected chi connectivity index (χ0v) is 19.2. The largest absolute Gasteiger partial charge is 0.497 e. The van der Waals surface area contributed by atoms with E-state index in [1.165, 1.54) is 35.7 Å². The Kier molecular flexibility index (Phi) is 8.23. The monoisotopic (exact) mass is 476 g/mol. The standard InChI is InChI=1S/C22H28N4O6S/c1-32-20-8-10-21(11-9-20)33(30,31)25-15-12-18(13-16-25)24-22(27)3-2-14-23-17-4-6-19(7-5-17)26(28)29/h4-11,18,23H,2-3,12-16H2,1H3,(H,24,27). The highest BCUT2D eigenvalue weighted by molar-refractivity contribution is 7.89. The summed E-state index contributed by atoms with van der Waals surface area (Å²) in [5.41, 5.74) is 0.786. The van der Waals surface area contributed by atoms with Crippen LogP contribution < -0.4 is 15.4 Å². The molecule has 1 aliphatic heterocycles. The number of carbonyl (C=O) groups is 1. The third-order valence-electron chi connectivity index (χ3n) is 5.50. The van der Waals surface area contributed by atoms with Crippen LogP contribution in [0.2, 0.25) is 0 Å². The van der Waals surface area contributed by atoms with Crippen molar-refractivity contribution in [2.45, 2.75) is 36.6 Å². The average molecular weight is 477 g/mol. The van der Waals surface area contributed by atoms with E-state index in [2.05, 4.69) is 10.6 Å². The fraction of sp³-hybridized carbons (Fsp3) is 0.409. The van der Waals surface area contributed by atoms with Crippen molar-refractivity contribution in [3.63, 3.8) is 0 Å². The lowest BCUT2D eigenvalue weighted by atomic mass is 10.1. The second-order valence-corrected chi connectivity index (χ2v) is 9.69. The smallest absolute Gasteiger partial charge is 0.269 e. The van der Waals surface area contributed by atoms with Crippen LogP contribution in [0.5, 0.6) is 5.75 Å². The number of benzene rings is 2. The van der Waals surface area contributed by atoms with Crippen LogP contribution in [0.1, 0.15) is 25.7 Å². The second-order valence-electron chi connectivity index (χ2n) is 7.76. The minimum Gasteiger partial charge on any atom is -0.497 e. The first kappa shape index (κ1) is 24.5. The first-order valence-corrected chi connectivity index (χ1v) is 12.2. The zero-order chi connectivity index (χ0) is 23.8. The van der Waals surface area contributed by atoms with Crippen LogP contribution in [0.25, 0.3) is 0 Å². The van der Waals surface area contributed by atoms with Crippen molar-refractivity contribution < 1.29 is 22.9 Å². The van der Waals surface area contributed by atoms with E-state index in [0.29, 0.717) is 51.1 Å². The number of nitro benzene ring substituents is 1. The normalized spacial score (nSPS) is 15.1. The van der Waals surface area contributed by atoms with Gasteiger partial charge in [0.15, 0.2) is 0 Å². The van der Waals surface area contributed by atoms with Crippen LogP contribution in [0.3, 0.4) is 0 Å². The number of rotatable bonds is 10. The fourth-order valence-electron chi connectivity index (χ4n) is 3.62. The number of hydrogen-bond acceptors (Lipinski definition) is 7. The first-order valence-electron chi connectivity index (χ1n) is 10.7. The average Bonchev–Trinajstić information content (AvgIpc) is 2.82. The van der Waals surface area contributed by atoms with E-state index in [1.54, 1.807) is 24.3 Å². The zero-order valence-electron chi connectivity index (χ0n) is 18.4. The highest BCUT2D eigenvalue weighted by atomic mass is 32.2. The van der Waals surface area contributed by atoms with Gasteiger partial charge in [-0.2, -0.15) is 4.31 Å². The van der Waals surface area contributed by atoms with Gasteiger partial charge in [-0.25, -0.2) is 8.42 Å². The predicted molar refractivity (Wildman–Crippen MR) is 124 cm³/mol. The first-order chi connectivity index (χ1) is 15.8. The molecule has 1 aliphatic rings. The number of nitrogens with one attached hydrogen (secondary N) is 2. The summed E-state index contributed by atoms with van der Waals surface area (Å²) in [7, 11) is -2.05. The Hall–Kier alpha value is -3.18. The molecule has 0 atom stereocenters. The van der Waals surface area contributed by atoms with Crippen LogP contribution >= 0.6 is 0 Å². The summed E-state index contributed by atoms with van der Waals surface area (Å²) in [4.78, 5) is 22.7. The molecule has 2 aromatic rings. The number of methoxy groups -OCH3 is 1. The molecule has 2 N–H and O–H groups in total. The molecule has 33 heavy (non-hydrogen) atoms. The molecule has 10 nitrogen and oxygen atoms in total. The molecule has 0 aromatic heterocycles. The van der Waals surface area contributed by atoms with Crippen molar-refractivity contribution in [3.8, 4) is 5.75 Å². The summed E-state index contributed by atoms with van der Waals surface area (Å²) < 4.78 is 32.2. The van der Waals surface area contributed by atoms with Gasteiger partial charge in [0.2, 0.25) is 15.9 Å². The molecular formula is C22H28N4O6S. The minimum absolute atomic E-state index is 0.0303. The maximum atomic E-state index is 12.8. The summed E-state index contributed by atoms with van der Waals surface area (Å²) in [6.45, 7) is 1.26. The van der Waals surface area contributed by atoms with Crippen molar-refractivity contribution in [3.05, 3.63) is 58.6 Å². The maximum absolute atomic E-state index is 12.8. The van der Waals surface area contributed by atoms with Gasteiger partial charge in [-0.05, 0) is 55.7 Å². The number of nitro groups is 1. The number of nitrogens with zero attached hydrogens (tertiary/aromatic N) is 2. The molecule has 0 spiro atoms. The molecule has 11 heteroatoms. The molecule has 0 bridgehead atoms. The number of ether oxygens (including phenoxy) is 1. The highest BCUT2D eigenvalue weighted by Gasteiger charge is 2.29. The molecule has 0 radical (unpaired) electrons. The van der Waals surface area contributed by atoms with Crippen molar-refractivity contribution in [2.24, 2.45) is 0 Å². The van der Waals surface area contributed by atoms with Gasteiger partial charge in [0.1, 0.15) is 5.75 Å². The number of amides is 1. The van der Waals surface area contributed by atoms with Gasteiger partial charge in [0, 0.05) is 49.9 Å². The van der Waals surface area contributed by atoms with Gasteiger partial charge in [-0.1, -0.05) is 0 Å². The molecule has 1 saturated heterocycles.